The summed E-state index contributed by atoms with van der Waals surface area (Å²) in [5.41, 5.74) is 0. The molecule has 0 spiro atoms. The maximum absolute atomic E-state index is 3.75. The van der Waals surface area contributed by atoms with Crippen LogP contribution in [0.4, 0.5) is 0 Å². The normalized spacial score (nSPS) is 8.29. The first-order valence-corrected chi connectivity index (χ1v) is 5.29. The minimum atomic E-state index is 1.22. The third-order valence-electron chi connectivity index (χ3n) is 0.246. The molecule has 0 rings (SSSR count). The molecule has 0 aliphatic rings. The molecule has 0 aliphatic heterocycles. The molecule has 0 heterocycles. The van der Waals surface area contributed by atoms with Gasteiger partial charge in [0.2, 0.25) is 0 Å². The van der Waals surface area contributed by atoms with Crippen molar-refractivity contribution >= 4 is 56.8 Å². The van der Waals surface area contributed by atoms with Crippen LogP contribution in [0.1, 0.15) is 0 Å². The molecule has 0 saturated carbocycles. The molecule has 7 heavy (non-hydrogen) atoms. The maximum atomic E-state index is 3.75. The van der Waals surface area contributed by atoms with Gasteiger partial charge in [-0.05, 0) is 0 Å². The van der Waals surface area contributed by atoms with Crippen molar-refractivity contribution in [2.45, 2.75) is 0 Å². The van der Waals surface area contributed by atoms with Crippen LogP contribution >= 0.6 is 11.8 Å². The Bertz CT molecular complexity index is 85.9. The van der Waals surface area contributed by atoms with Gasteiger partial charge in [0.05, 0.1) is 0 Å². The fourth-order valence-corrected chi connectivity index (χ4v) is 5.05. The SMILES string of the molecule is C=[C]([Sn])S[C](=C)[Sn]. The molecule has 0 aromatic heterocycles. The van der Waals surface area contributed by atoms with Gasteiger partial charge in [0.25, 0.3) is 0 Å². The van der Waals surface area contributed by atoms with E-state index in [2.05, 4.69) is 13.2 Å². The van der Waals surface area contributed by atoms with Crippen LogP contribution in [-0.2, 0) is 0 Å². The Morgan fingerprint density at radius 2 is 1.43 bits per heavy atom. The summed E-state index contributed by atoms with van der Waals surface area (Å²) in [6, 6.07) is 0. The van der Waals surface area contributed by atoms with Crippen LogP contribution in [0, 0.1) is 0 Å². The fourth-order valence-electron chi connectivity index (χ4n) is 0.149. The summed E-state index contributed by atoms with van der Waals surface area (Å²) in [5.74, 6) is 0. The van der Waals surface area contributed by atoms with Crippen LogP contribution in [0.3, 0.4) is 0 Å². The molecule has 0 aromatic carbocycles. The molecule has 6 radical (unpaired) electrons. The second kappa shape index (κ2) is 4.32. The van der Waals surface area contributed by atoms with Gasteiger partial charge in [0.1, 0.15) is 0 Å². The van der Waals surface area contributed by atoms with E-state index < -0.39 is 0 Å². The van der Waals surface area contributed by atoms with Crippen LogP contribution in [0.5, 0.6) is 0 Å². The van der Waals surface area contributed by atoms with E-state index in [0.29, 0.717) is 0 Å². The molecule has 0 aromatic rings. The number of rotatable bonds is 2. The van der Waals surface area contributed by atoms with E-state index in [-0.39, 0.29) is 0 Å². The average molecular weight is 322 g/mol. The van der Waals surface area contributed by atoms with Crippen LogP contribution < -0.4 is 0 Å². The minimum absolute atomic E-state index is 1.22. The van der Waals surface area contributed by atoms with Gasteiger partial charge in [-0.15, -0.1) is 0 Å². The molecule has 0 nitrogen and oxygen atoms in total. The molecule has 0 unspecified atom stereocenters. The molecule has 0 N–H and O–H groups in total. The van der Waals surface area contributed by atoms with Crippen molar-refractivity contribution in [1.29, 1.82) is 0 Å². The Balaban J connectivity index is 3.32. The summed E-state index contributed by atoms with van der Waals surface area (Å²) >= 11 is 4.51. The van der Waals surface area contributed by atoms with Crippen molar-refractivity contribution in [2.24, 2.45) is 0 Å². The van der Waals surface area contributed by atoms with Gasteiger partial charge in [-0.1, -0.05) is 0 Å². The van der Waals surface area contributed by atoms with Gasteiger partial charge >= 0.3 is 75.8 Å². The molecule has 0 amide bonds. The Hall–Kier alpha value is 1.43. The van der Waals surface area contributed by atoms with Crippen molar-refractivity contribution in [3.8, 4) is 0 Å². The van der Waals surface area contributed by atoms with E-state index >= 15 is 0 Å². The summed E-state index contributed by atoms with van der Waals surface area (Å²) in [6.07, 6.45) is 0. The zero-order chi connectivity index (χ0) is 5.86. The third kappa shape index (κ3) is 7.43. The van der Waals surface area contributed by atoms with Gasteiger partial charge in [0, 0.05) is 0 Å². The average Bonchev–Trinajstić information content (AvgIpc) is 1.27. The van der Waals surface area contributed by atoms with Gasteiger partial charge in [-0.25, -0.2) is 0 Å². The summed E-state index contributed by atoms with van der Waals surface area (Å²) in [6.45, 7) is 7.50. The number of hydrogen-bond donors (Lipinski definition) is 0. The van der Waals surface area contributed by atoms with E-state index in [0.717, 1.165) is 0 Å². The monoisotopic (exact) mass is 324 g/mol. The van der Waals surface area contributed by atoms with Crippen molar-refractivity contribution in [3.63, 3.8) is 0 Å². The van der Waals surface area contributed by atoms with Gasteiger partial charge in [0.15, 0.2) is 0 Å². The molecule has 0 aliphatic carbocycles. The van der Waals surface area contributed by atoms with Crippen LogP contribution in [0.25, 0.3) is 0 Å². The Labute approximate surface area is 75.0 Å². The van der Waals surface area contributed by atoms with Crippen molar-refractivity contribution < 1.29 is 0 Å². The van der Waals surface area contributed by atoms with Crippen LogP contribution in [0.15, 0.2) is 19.0 Å². The first kappa shape index (κ1) is 8.43. The number of thioether (sulfide) groups is 1. The molecular weight excluding hydrogens is 318 g/mol. The second-order valence-corrected chi connectivity index (χ2v) is 7.65. The molecule has 0 atom stereocenters. The van der Waals surface area contributed by atoms with Crippen molar-refractivity contribution in [3.05, 3.63) is 19.0 Å². The van der Waals surface area contributed by atoms with Crippen molar-refractivity contribution in [1.82, 2.24) is 0 Å². The summed E-state index contributed by atoms with van der Waals surface area (Å²) in [5, 5.41) is 0. The Kier molecular flexibility index (Phi) is 5.20. The molecule has 34 valence electrons. The predicted octanol–water partition coefficient (Wildman–Crippen LogP) is 0.999. The second-order valence-electron chi connectivity index (χ2n) is 0.948. The molecule has 0 saturated heterocycles. The summed E-state index contributed by atoms with van der Waals surface area (Å²) in [7, 11) is 0. The van der Waals surface area contributed by atoms with Crippen molar-refractivity contribution in [2.75, 3.05) is 0 Å². The number of hydrogen-bond acceptors (Lipinski definition) is 1. The van der Waals surface area contributed by atoms with E-state index in [1.165, 1.54) is 50.9 Å². The molecule has 3 heteroatoms. The first-order chi connectivity index (χ1) is 3.13. The summed E-state index contributed by atoms with van der Waals surface area (Å²) in [4.78, 5) is 0. The van der Waals surface area contributed by atoms with E-state index in [1.807, 2.05) is 0 Å². The predicted molar refractivity (Wildman–Crippen MR) is 37.4 cm³/mol. The van der Waals surface area contributed by atoms with Gasteiger partial charge in [-0.2, -0.15) is 0 Å². The van der Waals surface area contributed by atoms with Crippen LogP contribution in [0.2, 0.25) is 0 Å². The Morgan fingerprint density at radius 3 is 1.43 bits per heavy atom. The van der Waals surface area contributed by atoms with Gasteiger partial charge < -0.3 is 0 Å². The van der Waals surface area contributed by atoms with E-state index in [9.17, 15) is 0 Å². The quantitative estimate of drug-likeness (QED) is 0.684. The fraction of sp³-hybridized carbons (Fsp3) is 0. The standard InChI is InChI=1S/C4H4S.2Sn/c1-3-5-4-2;;/h1-2H2;;. The first-order valence-electron chi connectivity index (χ1n) is 1.62. The zero-order valence-corrected chi connectivity index (χ0v) is 10.3. The zero-order valence-electron chi connectivity index (χ0n) is 3.82. The third-order valence-corrected chi connectivity index (χ3v) is 2.49. The summed E-state index contributed by atoms with van der Waals surface area (Å²) < 4.78 is 2.43. The van der Waals surface area contributed by atoms with Crippen LogP contribution in [-0.4, -0.2) is 45.0 Å². The molecule has 0 fully saturated rings. The van der Waals surface area contributed by atoms with Gasteiger partial charge in [-0.3, -0.25) is 0 Å². The molecular formula is C4H4SSn2. The topological polar surface area (TPSA) is 0 Å². The Morgan fingerprint density at radius 1 is 1.14 bits per heavy atom. The molecule has 0 bridgehead atoms. The van der Waals surface area contributed by atoms with E-state index in [4.69, 9.17) is 0 Å². The van der Waals surface area contributed by atoms with E-state index in [1.54, 1.807) is 11.8 Å².